The summed E-state index contributed by atoms with van der Waals surface area (Å²) in [7, 11) is 1.45. The summed E-state index contributed by atoms with van der Waals surface area (Å²) >= 11 is 3.39. The van der Waals surface area contributed by atoms with Gasteiger partial charge in [-0.25, -0.2) is 4.90 Å². The minimum Gasteiger partial charge on any atom is -0.508 e. The molecule has 0 aliphatic carbocycles. The van der Waals surface area contributed by atoms with E-state index in [-0.39, 0.29) is 17.2 Å². The van der Waals surface area contributed by atoms with Gasteiger partial charge in [-0.1, -0.05) is 28.1 Å². The van der Waals surface area contributed by atoms with Crippen molar-refractivity contribution in [2.75, 3.05) is 12.0 Å². The molecule has 0 aromatic heterocycles. The van der Waals surface area contributed by atoms with Gasteiger partial charge in [-0.15, -0.1) is 0 Å². The number of imide groups is 1. The number of ether oxygens (including phenoxy) is 1. The summed E-state index contributed by atoms with van der Waals surface area (Å²) in [6, 6.07) is 11.7. The third-order valence-electron chi connectivity index (χ3n) is 3.74. The summed E-state index contributed by atoms with van der Waals surface area (Å²) in [4.78, 5) is 25.9. The van der Waals surface area contributed by atoms with Crippen LogP contribution in [0.3, 0.4) is 0 Å². The highest BCUT2D eigenvalue weighted by molar-refractivity contribution is 9.10. The number of aromatic hydroxyl groups is 1. The van der Waals surface area contributed by atoms with Crippen molar-refractivity contribution in [1.82, 2.24) is 0 Å². The Hall–Kier alpha value is -2.60. The van der Waals surface area contributed by atoms with Gasteiger partial charge in [0.1, 0.15) is 11.5 Å². The molecule has 1 aliphatic rings. The summed E-state index contributed by atoms with van der Waals surface area (Å²) < 4.78 is 6.25. The first-order valence-electron chi connectivity index (χ1n) is 7.16. The molecule has 2 aromatic carbocycles. The highest BCUT2D eigenvalue weighted by atomic mass is 79.9. The zero-order chi connectivity index (χ0) is 17.4. The van der Waals surface area contributed by atoms with Gasteiger partial charge in [0.25, 0.3) is 5.91 Å². The lowest BCUT2D eigenvalue weighted by atomic mass is 10.0. The number of hydrogen-bond acceptors (Lipinski definition) is 4. The number of halogens is 1. The molecule has 0 radical (unpaired) electrons. The van der Waals surface area contributed by atoms with Gasteiger partial charge in [-0.3, -0.25) is 9.59 Å². The molecule has 0 fully saturated rings. The van der Waals surface area contributed by atoms with Crippen LogP contribution in [0.15, 0.2) is 46.9 Å². The van der Waals surface area contributed by atoms with Crippen LogP contribution < -0.4 is 4.90 Å². The fourth-order valence-electron chi connectivity index (χ4n) is 2.78. The Morgan fingerprint density at radius 2 is 1.96 bits per heavy atom. The Morgan fingerprint density at radius 1 is 1.21 bits per heavy atom. The molecule has 1 N–H and O–H groups in total. The Morgan fingerprint density at radius 3 is 2.58 bits per heavy atom. The molecule has 1 heterocycles. The fourth-order valence-corrected chi connectivity index (χ4v) is 3.14. The molecule has 0 spiro atoms. The maximum atomic E-state index is 12.9. The standard InChI is InChI=1S/C18H14BrNO4/c1-10(21)20-15-7-6-12(19)9-14(15)16(18(20)23)17(24-2)11-4-3-5-13(22)8-11/h3-9,22H,1-2H3/b17-16-. The van der Waals surface area contributed by atoms with E-state index in [0.29, 0.717) is 22.6 Å². The highest BCUT2D eigenvalue weighted by Crippen LogP contribution is 2.42. The van der Waals surface area contributed by atoms with Crippen LogP contribution >= 0.6 is 15.9 Å². The first-order chi connectivity index (χ1) is 11.4. The van der Waals surface area contributed by atoms with Crippen LogP contribution in [-0.2, 0) is 14.3 Å². The molecule has 122 valence electrons. The number of carbonyl (C=O) groups is 2. The molecule has 5 nitrogen and oxygen atoms in total. The molecule has 0 saturated heterocycles. The van der Waals surface area contributed by atoms with Crippen molar-refractivity contribution in [2.24, 2.45) is 0 Å². The third kappa shape index (κ3) is 2.59. The van der Waals surface area contributed by atoms with E-state index < -0.39 is 5.91 Å². The zero-order valence-corrected chi connectivity index (χ0v) is 14.6. The van der Waals surface area contributed by atoms with Crippen LogP contribution in [0.1, 0.15) is 18.1 Å². The number of benzene rings is 2. The fraction of sp³-hybridized carbons (Fsp3) is 0.111. The maximum Gasteiger partial charge on any atom is 0.269 e. The normalized spacial score (nSPS) is 15.3. The second kappa shape index (κ2) is 6.13. The number of hydrogen-bond donors (Lipinski definition) is 1. The van der Waals surface area contributed by atoms with Gasteiger partial charge in [-0.05, 0) is 30.3 Å². The van der Waals surface area contributed by atoms with Crippen LogP contribution in [0.5, 0.6) is 5.75 Å². The Labute approximate surface area is 147 Å². The van der Waals surface area contributed by atoms with Gasteiger partial charge in [0.05, 0.1) is 18.4 Å². The monoisotopic (exact) mass is 387 g/mol. The number of phenolic OH excluding ortho intramolecular Hbond substituents is 1. The predicted octanol–water partition coefficient (Wildman–Crippen LogP) is 3.56. The molecule has 2 aromatic rings. The summed E-state index contributed by atoms with van der Waals surface area (Å²) in [5.41, 5.74) is 1.96. The molecular weight excluding hydrogens is 374 g/mol. The largest absolute Gasteiger partial charge is 0.508 e. The molecule has 24 heavy (non-hydrogen) atoms. The first-order valence-corrected chi connectivity index (χ1v) is 7.96. The smallest absolute Gasteiger partial charge is 0.269 e. The van der Waals surface area contributed by atoms with Crippen molar-refractivity contribution in [3.8, 4) is 5.75 Å². The summed E-state index contributed by atoms with van der Waals surface area (Å²) in [6.45, 7) is 1.34. The molecule has 0 unspecified atom stereocenters. The average Bonchev–Trinajstić information content (AvgIpc) is 2.81. The van der Waals surface area contributed by atoms with Gasteiger partial charge in [0, 0.05) is 22.5 Å². The molecular formula is C18H14BrNO4. The van der Waals surface area contributed by atoms with E-state index in [1.54, 1.807) is 30.3 Å². The van der Waals surface area contributed by atoms with Crippen molar-refractivity contribution in [3.63, 3.8) is 0 Å². The van der Waals surface area contributed by atoms with Crippen LogP contribution in [-0.4, -0.2) is 24.0 Å². The van der Waals surface area contributed by atoms with Gasteiger partial charge < -0.3 is 9.84 Å². The maximum absolute atomic E-state index is 12.9. The molecule has 0 bridgehead atoms. The van der Waals surface area contributed by atoms with Crippen LogP contribution in [0.25, 0.3) is 11.3 Å². The molecule has 2 amide bonds. The molecule has 0 atom stereocenters. The van der Waals surface area contributed by atoms with Crippen molar-refractivity contribution < 1.29 is 19.4 Å². The number of nitrogens with zero attached hydrogens (tertiary/aromatic N) is 1. The predicted molar refractivity (Wildman–Crippen MR) is 94.2 cm³/mol. The number of fused-ring (bicyclic) bond motifs is 1. The van der Waals surface area contributed by atoms with Crippen molar-refractivity contribution in [3.05, 3.63) is 58.1 Å². The van der Waals surface area contributed by atoms with E-state index in [2.05, 4.69) is 15.9 Å². The molecule has 1 aliphatic heterocycles. The summed E-state index contributed by atoms with van der Waals surface area (Å²) in [5.74, 6) is -0.453. The number of methoxy groups -OCH3 is 1. The van der Waals surface area contributed by atoms with Gasteiger partial charge >= 0.3 is 0 Å². The van der Waals surface area contributed by atoms with Gasteiger partial charge in [0.15, 0.2) is 0 Å². The second-order valence-electron chi connectivity index (χ2n) is 5.28. The third-order valence-corrected chi connectivity index (χ3v) is 4.23. The molecule has 6 heteroatoms. The van der Waals surface area contributed by atoms with Gasteiger partial charge in [-0.2, -0.15) is 0 Å². The second-order valence-corrected chi connectivity index (χ2v) is 6.20. The lowest BCUT2D eigenvalue weighted by Crippen LogP contribution is -2.31. The van der Waals surface area contributed by atoms with Crippen LogP contribution in [0, 0.1) is 0 Å². The topological polar surface area (TPSA) is 66.8 Å². The van der Waals surface area contributed by atoms with E-state index in [1.165, 1.54) is 26.2 Å². The number of phenols is 1. The minimum atomic E-state index is -0.448. The Bertz CT molecular complexity index is 888. The minimum absolute atomic E-state index is 0.0611. The Balaban J connectivity index is 2.32. The Kier molecular flexibility index (Phi) is 4.15. The summed E-state index contributed by atoms with van der Waals surface area (Å²) in [6.07, 6.45) is 0. The van der Waals surface area contributed by atoms with E-state index in [4.69, 9.17) is 4.74 Å². The van der Waals surface area contributed by atoms with Crippen molar-refractivity contribution >= 4 is 44.8 Å². The number of amides is 2. The number of anilines is 1. The van der Waals surface area contributed by atoms with Crippen LogP contribution in [0.2, 0.25) is 0 Å². The van der Waals surface area contributed by atoms with Crippen molar-refractivity contribution in [1.29, 1.82) is 0 Å². The number of rotatable bonds is 2. The zero-order valence-electron chi connectivity index (χ0n) is 13.0. The summed E-state index contributed by atoms with van der Waals surface area (Å²) in [5, 5.41) is 9.71. The van der Waals surface area contributed by atoms with E-state index in [9.17, 15) is 14.7 Å². The van der Waals surface area contributed by atoms with Gasteiger partial charge in [0.2, 0.25) is 5.91 Å². The van der Waals surface area contributed by atoms with Crippen molar-refractivity contribution in [2.45, 2.75) is 6.92 Å². The molecule has 0 saturated carbocycles. The van der Waals surface area contributed by atoms with E-state index >= 15 is 0 Å². The lowest BCUT2D eigenvalue weighted by Gasteiger charge is -2.12. The molecule has 3 rings (SSSR count). The highest BCUT2D eigenvalue weighted by Gasteiger charge is 2.38. The van der Waals surface area contributed by atoms with E-state index in [1.807, 2.05) is 0 Å². The average molecular weight is 388 g/mol. The lowest BCUT2D eigenvalue weighted by molar-refractivity contribution is -0.122. The van der Waals surface area contributed by atoms with Crippen LogP contribution in [0.4, 0.5) is 5.69 Å². The SMILES string of the molecule is CO/C(=C1\C(=O)N(C(C)=O)c2ccc(Br)cc21)c1cccc(O)c1. The number of carbonyl (C=O) groups excluding carboxylic acids is 2. The quantitative estimate of drug-likeness (QED) is 0.631. The van der Waals surface area contributed by atoms with E-state index in [0.717, 1.165) is 9.37 Å². The first kappa shape index (κ1) is 16.3.